The number of nitrogens with one attached hydrogen (secondary N) is 2. The molecule has 10 nitrogen and oxygen atoms in total. The van der Waals surface area contributed by atoms with Gasteiger partial charge in [0.15, 0.2) is 5.78 Å². The van der Waals surface area contributed by atoms with Crippen molar-refractivity contribution in [2.75, 3.05) is 18.4 Å². The van der Waals surface area contributed by atoms with Gasteiger partial charge in [-0.2, -0.15) is 0 Å². The first-order valence-electron chi connectivity index (χ1n) is 15.2. The number of rotatable bonds is 8. The lowest BCUT2D eigenvalue weighted by Gasteiger charge is -2.33. The van der Waals surface area contributed by atoms with Crippen molar-refractivity contribution < 1.29 is 19.1 Å². The van der Waals surface area contributed by atoms with Gasteiger partial charge in [0.05, 0.1) is 12.0 Å². The van der Waals surface area contributed by atoms with E-state index in [9.17, 15) is 14.4 Å². The molecule has 5 rings (SSSR count). The molecular formula is C35H40N6O4. The maximum absolute atomic E-state index is 13.5. The molecule has 0 saturated carbocycles. The summed E-state index contributed by atoms with van der Waals surface area (Å²) in [4.78, 5) is 48.7. The highest BCUT2D eigenvalue weighted by Crippen LogP contribution is 2.24. The Morgan fingerprint density at radius 3 is 2.56 bits per heavy atom. The van der Waals surface area contributed by atoms with Crippen molar-refractivity contribution in [2.24, 2.45) is 0 Å². The minimum absolute atomic E-state index is 0.0123. The Morgan fingerprint density at radius 2 is 1.82 bits per heavy atom. The van der Waals surface area contributed by atoms with Gasteiger partial charge in [0, 0.05) is 48.5 Å². The monoisotopic (exact) mass is 608 g/mol. The normalized spacial score (nSPS) is 15.4. The molecule has 0 aliphatic carbocycles. The van der Waals surface area contributed by atoms with E-state index in [1.165, 1.54) is 6.92 Å². The lowest BCUT2D eigenvalue weighted by molar-refractivity contribution is 0.0470. The number of pyridine rings is 1. The Labute approximate surface area is 263 Å². The Hall–Kier alpha value is -4.83. The van der Waals surface area contributed by atoms with Crippen molar-refractivity contribution in [1.29, 1.82) is 0 Å². The molecule has 1 saturated heterocycles. The summed E-state index contributed by atoms with van der Waals surface area (Å²) in [5.41, 5.74) is 5.33. The number of piperidine rings is 1. The predicted molar refractivity (Wildman–Crippen MR) is 174 cm³/mol. The quantitative estimate of drug-likeness (QED) is 0.229. The molecule has 0 bridgehead atoms. The van der Waals surface area contributed by atoms with Gasteiger partial charge in [-0.1, -0.05) is 18.2 Å². The molecule has 1 atom stereocenters. The summed E-state index contributed by atoms with van der Waals surface area (Å²) >= 11 is 0. The van der Waals surface area contributed by atoms with Crippen molar-refractivity contribution in [3.63, 3.8) is 0 Å². The molecule has 2 aromatic carbocycles. The van der Waals surface area contributed by atoms with Crippen molar-refractivity contribution in [2.45, 2.75) is 65.6 Å². The van der Waals surface area contributed by atoms with Crippen LogP contribution < -0.4 is 10.6 Å². The smallest absolute Gasteiger partial charge is 0.407 e. The predicted octanol–water partition coefficient (Wildman–Crippen LogP) is 6.19. The maximum atomic E-state index is 13.5. The first kappa shape index (κ1) is 31.6. The van der Waals surface area contributed by atoms with Crippen LogP contribution >= 0.6 is 0 Å². The van der Waals surface area contributed by atoms with Gasteiger partial charge in [-0.3, -0.25) is 19.5 Å². The number of ether oxygens (including phenoxy) is 1. The molecule has 234 valence electrons. The molecule has 2 N–H and O–H groups in total. The SMILES string of the molecule is CC(=O)c1cccc(-c2ccnc(C(=O)Nc3cc(CN4CCC[C@H](NC(=O)OC(C)(C)C)C4)cc(-n4cnc(C)c4)c3)c2)c1. The number of imidazole rings is 1. The number of ketones is 1. The van der Waals surface area contributed by atoms with Crippen LogP contribution in [-0.4, -0.2) is 62.0 Å². The number of alkyl carbamates (subject to hydrolysis) is 1. The number of carbonyl (C=O) groups excluding carboxylic acids is 3. The van der Waals surface area contributed by atoms with Crippen LogP contribution in [0.4, 0.5) is 10.5 Å². The van der Waals surface area contributed by atoms with Crippen LogP contribution in [0, 0.1) is 6.92 Å². The number of benzene rings is 2. The van der Waals surface area contributed by atoms with Crippen LogP contribution in [0.1, 0.15) is 72.6 Å². The lowest BCUT2D eigenvalue weighted by Crippen LogP contribution is -2.48. The van der Waals surface area contributed by atoms with E-state index in [4.69, 9.17) is 4.74 Å². The minimum Gasteiger partial charge on any atom is -0.444 e. The molecule has 1 fully saturated rings. The highest BCUT2D eigenvalue weighted by atomic mass is 16.6. The first-order valence-corrected chi connectivity index (χ1v) is 15.2. The van der Waals surface area contributed by atoms with Crippen LogP contribution in [0.3, 0.4) is 0 Å². The fourth-order valence-electron chi connectivity index (χ4n) is 5.45. The third-order valence-corrected chi connectivity index (χ3v) is 7.47. The zero-order valence-corrected chi connectivity index (χ0v) is 26.5. The number of hydrogen-bond acceptors (Lipinski definition) is 7. The van der Waals surface area contributed by atoms with Gasteiger partial charge in [0.25, 0.3) is 5.91 Å². The number of nitrogens with zero attached hydrogens (tertiary/aromatic N) is 4. The van der Waals surface area contributed by atoms with Crippen LogP contribution in [0.15, 0.2) is 73.3 Å². The van der Waals surface area contributed by atoms with Crippen LogP contribution in [0.5, 0.6) is 0 Å². The van der Waals surface area contributed by atoms with E-state index in [-0.39, 0.29) is 23.4 Å². The number of hydrogen-bond donors (Lipinski definition) is 2. The summed E-state index contributed by atoms with van der Waals surface area (Å²) in [6.07, 6.45) is 6.71. The van der Waals surface area contributed by atoms with E-state index < -0.39 is 11.7 Å². The van der Waals surface area contributed by atoms with Crippen molar-refractivity contribution in [3.05, 3.63) is 95.8 Å². The summed E-state index contributed by atoms with van der Waals surface area (Å²) in [6, 6.07) is 16.8. The average Bonchev–Trinajstić information content (AvgIpc) is 3.42. The van der Waals surface area contributed by atoms with Gasteiger partial charge in [-0.15, -0.1) is 0 Å². The number of amides is 2. The van der Waals surface area contributed by atoms with Crippen molar-refractivity contribution in [1.82, 2.24) is 24.8 Å². The van der Waals surface area contributed by atoms with Gasteiger partial charge in [-0.05, 0) is 107 Å². The van der Waals surface area contributed by atoms with Gasteiger partial charge >= 0.3 is 6.09 Å². The molecule has 45 heavy (non-hydrogen) atoms. The van der Waals surface area contributed by atoms with Gasteiger partial charge in [-0.25, -0.2) is 9.78 Å². The number of likely N-dealkylation sites (tertiary alicyclic amines) is 1. The van der Waals surface area contributed by atoms with E-state index in [0.29, 0.717) is 24.3 Å². The standard InChI is InChI=1S/C35H40N6O4/c1-23-19-41(22-37-23)31-15-25(20-40-13-7-10-29(21-40)39-34(44)45-35(3,4)5)14-30(18-31)38-33(43)32-17-28(11-12-36-32)27-9-6-8-26(16-27)24(2)42/h6,8-9,11-12,14-19,22,29H,7,10,13,20-21H2,1-5H3,(H,38,43)(H,39,44)/t29-/m0/s1. The summed E-state index contributed by atoms with van der Waals surface area (Å²) in [5.74, 6) is -0.365. The van der Waals surface area contributed by atoms with Crippen molar-refractivity contribution >= 4 is 23.5 Å². The number of aryl methyl sites for hydroxylation is 1. The Morgan fingerprint density at radius 1 is 1.02 bits per heavy atom. The molecule has 0 unspecified atom stereocenters. The number of carbonyl (C=O) groups is 3. The summed E-state index contributed by atoms with van der Waals surface area (Å²) in [6.45, 7) is 11.2. The van der Waals surface area contributed by atoms with Gasteiger partial charge in [0.2, 0.25) is 0 Å². The summed E-state index contributed by atoms with van der Waals surface area (Å²) in [7, 11) is 0. The fourth-order valence-corrected chi connectivity index (χ4v) is 5.45. The van der Waals surface area contributed by atoms with Crippen LogP contribution in [0.2, 0.25) is 0 Å². The second kappa shape index (κ2) is 13.4. The highest BCUT2D eigenvalue weighted by Gasteiger charge is 2.24. The van der Waals surface area contributed by atoms with E-state index in [1.54, 1.807) is 24.7 Å². The lowest BCUT2D eigenvalue weighted by atomic mass is 10.0. The molecule has 1 aliphatic rings. The molecule has 0 radical (unpaired) electrons. The zero-order chi connectivity index (χ0) is 32.1. The number of aromatic nitrogens is 3. The fraction of sp³-hybridized carbons (Fsp3) is 0.343. The minimum atomic E-state index is -0.553. The van der Waals surface area contributed by atoms with E-state index in [1.807, 2.05) is 74.9 Å². The summed E-state index contributed by atoms with van der Waals surface area (Å²) in [5, 5.41) is 6.05. The molecule has 10 heteroatoms. The van der Waals surface area contributed by atoms with Gasteiger partial charge in [0.1, 0.15) is 11.3 Å². The first-order chi connectivity index (χ1) is 21.4. The zero-order valence-electron chi connectivity index (χ0n) is 26.5. The number of Topliss-reactive ketones (excluding diaryl/α,β-unsaturated/α-hetero) is 1. The van der Waals surface area contributed by atoms with Crippen LogP contribution in [-0.2, 0) is 11.3 Å². The molecule has 2 amide bonds. The van der Waals surface area contributed by atoms with Gasteiger partial charge < -0.3 is 19.9 Å². The number of anilines is 1. The second-order valence-corrected chi connectivity index (χ2v) is 12.6. The molecule has 1 aliphatic heterocycles. The second-order valence-electron chi connectivity index (χ2n) is 12.6. The average molecular weight is 609 g/mol. The Bertz CT molecular complexity index is 1710. The highest BCUT2D eigenvalue weighted by molar-refractivity contribution is 6.03. The summed E-state index contributed by atoms with van der Waals surface area (Å²) < 4.78 is 7.39. The van der Waals surface area contributed by atoms with E-state index in [2.05, 4.69) is 31.6 Å². The molecule has 3 heterocycles. The van der Waals surface area contributed by atoms with E-state index >= 15 is 0 Å². The molecular weight excluding hydrogens is 568 g/mol. The molecule has 2 aromatic heterocycles. The maximum Gasteiger partial charge on any atom is 0.407 e. The topological polar surface area (TPSA) is 118 Å². The third kappa shape index (κ3) is 8.63. The molecule has 4 aromatic rings. The Balaban J connectivity index is 1.35. The Kier molecular flexibility index (Phi) is 9.43. The van der Waals surface area contributed by atoms with E-state index in [0.717, 1.165) is 47.5 Å². The largest absolute Gasteiger partial charge is 0.444 e. The molecule has 0 spiro atoms. The van der Waals surface area contributed by atoms with Crippen molar-refractivity contribution in [3.8, 4) is 16.8 Å². The van der Waals surface area contributed by atoms with Crippen LogP contribution in [0.25, 0.3) is 16.8 Å². The third-order valence-electron chi connectivity index (χ3n) is 7.47.